The van der Waals surface area contributed by atoms with Crippen molar-refractivity contribution >= 4 is 34.8 Å². The molecule has 3 aromatic rings. The van der Waals surface area contributed by atoms with E-state index in [1.54, 1.807) is 48.5 Å². The first kappa shape index (κ1) is 23.1. The highest BCUT2D eigenvalue weighted by Crippen LogP contribution is 2.30. The Kier molecular flexibility index (Phi) is 7.45. The van der Waals surface area contributed by atoms with Crippen molar-refractivity contribution in [2.24, 2.45) is 0 Å². The molecular weight excluding hydrogens is 416 g/mol. The van der Waals surface area contributed by atoms with E-state index in [1.807, 2.05) is 30.3 Å². The van der Waals surface area contributed by atoms with Crippen LogP contribution in [0.5, 0.6) is 0 Å². The van der Waals surface area contributed by atoms with E-state index in [-0.39, 0.29) is 12.5 Å². The molecule has 0 spiro atoms. The van der Waals surface area contributed by atoms with Crippen LogP contribution in [0, 0.1) is 12.3 Å². The van der Waals surface area contributed by atoms with Crippen molar-refractivity contribution in [2.45, 2.75) is 19.5 Å². The van der Waals surface area contributed by atoms with Crippen molar-refractivity contribution in [1.29, 1.82) is 0 Å². The van der Waals surface area contributed by atoms with Crippen LogP contribution in [0.1, 0.15) is 24.1 Å². The van der Waals surface area contributed by atoms with E-state index in [4.69, 9.17) is 12.2 Å². The number of nitrogens with one attached hydrogen (secondary N) is 2. The Bertz CT molecular complexity index is 1200. The van der Waals surface area contributed by atoms with Crippen LogP contribution in [0.3, 0.4) is 0 Å². The van der Waals surface area contributed by atoms with E-state index in [1.165, 1.54) is 11.8 Å². The van der Waals surface area contributed by atoms with E-state index in [9.17, 15) is 14.4 Å². The van der Waals surface area contributed by atoms with Crippen molar-refractivity contribution in [3.8, 4) is 12.3 Å². The summed E-state index contributed by atoms with van der Waals surface area (Å²) < 4.78 is 0. The van der Waals surface area contributed by atoms with Gasteiger partial charge < -0.3 is 16.4 Å². The molecule has 0 aliphatic carbocycles. The number of hydrogen-bond donors (Lipinski definition) is 3. The van der Waals surface area contributed by atoms with E-state index in [2.05, 4.69) is 16.6 Å². The van der Waals surface area contributed by atoms with Crippen LogP contribution < -0.4 is 21.3 Å². The van der Waals surface area contributed by atoms with Crippen molar-refractivity contribution in [1.82, 2.24) is 5.32 Å². The number of nitrogens with zero attached hydrogens (tertiary/aromatic N) is 1. The number of nitrogen functional groups attached to an aromatic ring is 1. The molecule has 0 aliphatic rings. The summed E-state index contributed by atoms with van der Waals surface area (Å²) in [5.74, 6) is 0.694. The van der Waals surface area contributed by atoms with Gasteiger partial charge >= 0.3 is 5.91 Å². The third-order valence-corrected chi connectivity index (χ3v) is 4.83. The predicted molar refractivity (Wildman–Crippen MR) is 129 cm³/mol. The summed E-state index contributed by atoms with van der Waals surface area (Å²) in [5.41, 5.74) is 8.62. The highest BCUT2D eigenvalue weighted by atomic mass is 16.2. The van der Waals surface area contributed by atoms with Gasteiger partial charge in [0, 0.05) is 30.5 Å². The molecule has 3 rings (SSSR count). The second-order valence-corrected chi connectivity index (χ2v) is 7.33. The maximum absolute atomic E-state index is 13.4. The molecular formula is C26H24N4O3. The van der Waals surface area contributed by atoms with Gasteiger partial charge in [-0.25, -0.2) is 0 Å². The lowest BCUT2D eigenvalue weighted by atomic mass is 10.0. The first-order chi connectivity index (χ1) is 15.9. The number of nitrogens with two attached hydrogens (primary N) is 1. The zero-order valence-corrected chi connectivity index (χ0v) is 18.1. The Morgan fingerprint density at radius 1 is 1.00 bits per heavy atom. The number of benzene rings is 3. The minimum absolute atomic E-state index is 0.266. The molecule has 3 aromatic carbocycles. The molecule has 3 amide bonds. The maximum Gasteiger partial charge on any atom is 0.303 e. The topological polar surface area (TPSA) is 105 Å². The molecule has 0 bridgehead atoms. The molecule has 0 saturated carbocycles. The normalized spacial score (nSPS) is 11.0. The molecule has 166 valence electrons. The average molecular weight is 441 g/mol. The number of terminal acetylenes is 1. The average Bonchev–Trinajstić information content (AvgIpc) is 2.81. The summed E-state index contributed by atoms with van der Waals surface area (Å²) in [6.07, 6.45) is 5.47. The van der Waals surface area contributed by atoms with Crippen LogP contribution >= 0.6 is 0 Å². The SMILES string of the molecule is C#CC(=O)N(c1cccc(NC(C)=O)c1)C(C(=O)NCc1ccccc1)c1cccc(N)c1. The highest BCUT2D eigenvalue weighted by molar-refractivity contribution is 6.10. The van der Waals surface area contributed by atoms with Crippen molar-refractivity contribution in [2.75, 3.05) is 16.0 Å². The lowest BCUT2D eigenvalue weighted by Crippen LogP contribution is -2.43. The van der Waals surface area contributed by atoms with Crippen molar-refractivity contribution in [3.05, 3.63) is 90.0 Å². The van der Waals surface area contributed by atoms with Gasteiger partial charge in [-0.3, -0.25) is 19.3 Å². The summed E-state index contributed by atoms with van der Waals surface area (Å²) in [6.45, 7) is 1.64. The minimum atomic E-state index is -1.09. The van der Waals surface area contributed by atoms with Crippen molar-refractivity contribution in [3.63, 3.8) is 0 Å². The largest absolute Gasteiger partial charge is 0.399 e. The van der Waals surface area contributed by atoms with Gasteiger partial charge in [0.15, 0.2) is 0 Å². The van der Waals surface area contributed by atoms with Crippen LogP contribution in [0.25, 0.3) is 0 Å². The van der Waals surface area contributed by atoms with Gasteiger partial charge in [0.05, 0.1) is 0 Å². The lowest BCUT2D eigenvalue weighted by molar-refractivity contribution is -0.125. The molecule has 1 atom stereocenters. The van der Waals surface area contributed by atoms with Gasteiger partial charge in [-0.1, -0.05) is 48.5 Å². The van der Waals surface area contributed by atoms with Crippen molar-refractivity contribution < 1.29 is 14.4 Å². The fourth-order valence-electron chi connectivity index (χ4n) is 3.42. The lowest BCUT2D eigenvalue weighted by Gasteiger charge is -2.30. The first-order valence-electron chi connectivity index (χ1n) is 10.2. The summed E-state index contributed by atoms with van der Waals surface area (Å²) in [7, 11) is 0. The number of anilines is 3. The van der Waals surface area contributed by atoms with Crippen LogP contribution in [0.15, 0.2) is 78.9 Å². The van der Waals surface area contributed by atoms with Gasteiger partial charge in [-0.15, -0.1) is 6.42 Å². The number of carbonyl (C=O) groups excluding carboxylic acids is 3. The Balaban J connectivity index is 2.05. The number of rotatable bonds is 7. The second-order valence-electron chi connectivity index (χ2n) is 7.33. The number of hydrogen-bond acceptors (Lipinski definition) is 4. The zero-order valence-electron chi connectivity index (χ0n) is 18.1. The Hall–Kier alpha value is -4.57. The quantitative estimate of drug-likeness (QED) is 0.387. The van der Waals surface area contributed by atoms with E-state index >= 15 is 0 Å². The molecule has 0 fully saturated rings. The minimum Gasteiger partial charge on any atom is -0.399 e. The Labute approximate surface area is 192 Å². The van der Waals surface area contributed by atoms with Gasteiger partial charge in [0.2, 0.25) is 11.8 Å². The summed E-state index contributed by atoms with van der Waals surface area (Å²) in [4.78, 5) is 39.1. The second kappa shape index (κ2) is 10.6. The standard InChI is InChI=1S/C26H24N4O3/c1-3-24(32)30(23-14-8-13-22(16-23)29-18(2)31)25(20-11-7-12-21(27)15-20)26(33)28-17-19-9-5-4-6-10-19/h1,4-16,25H,17,27H2,2H3,(H,28,33)(H,29,31). The summed E-state index contributed by atoms with van der Waals surface area (Å²) in [6, 6.07) is 21.6. The number of carbonyl (C=O) groups is 3. The predicted octanol–water partition coefficient (Wildman–Crippen LogP) is 3.25. The fourth-order valence-corrected chi connectivity index (χ4v) is 3.42. The van der Waals surface area contributed by atoms with Crippen LogP contribution in [0.2, 0.25) is 0 Å². The molecule has 0 aliphatic heterocycles. The van der Waals surface area contributed by atoms with E-state index in [0.29, 0.717) is 22.6 Å². The van der Waals surface area contributed by atoms with Gasteiger partial charge in [0.25, 0.3) is 0 Å². The van der Waals surface area contributed by atoms with Crippen LogP contribution in [0.4, 0.5) is 17.1 Å². The number of amides is 3. The summed E-state index contributed by atoms with van der Waals surface area (Å²) >= 11 is 0. The molecule has 0 aromatic heterocycles. The van der Waals surface area contributed by atoms with E-state index < -0.39 is 17.9 Å². The Morgan fingerprint density at radius 2 is 1.73 bits per heavy atom. The van der Waals surface area contributed by atoms with E-state index in [0.717, 1.165) is 5.56 Å². The fraction of sp³-hybridized carbons (Fsp3) is 0.115. The van der Waals surface area contributed by atoms with Gasteiger partial charge in [-0.05, 0) is 47.4 Å². The maximum atomic E-state index is 13.4. The smallest absolute Gasteiger partial charge is 0.303 e. The molecule has 7 nitrogen and oxygen atoms in total. The van der Waals surface area contributed by atoms with Gasteiger partial charge in [0.1, 0.15) is 6.04 Å². The molecule has 0 radical (unpaired) electrons. The third-order valence-electron chi connectivity index (χ3n) is 4.83. The van der Waals surface area contributed by atoms with Crippen LogP contribution in [-0.2, 0) is 20.9 Å². The molecule has 1 unspecified atom stereocenters. The molecule has 4 N–H and O–H groups in total. The third kappa shape index (κ3) is 5.99. The molecule has 0 heterocycles. The molecule has 7 heteroatoms. The van der Waals surface area contributed by atoms with Gasteiger partial charge in [-0.2, -0.15) is 0 Å². The zero-order chi connectivity index (χ0) is 23.8. The molecule has 33 heavy (non-hydrogen) atoms. The first-order valence-corrected chi connectivity index (χ1v) is 10.2. The monoisotopic (exact) mass is 440 g/mol. The van der Waals surface area contributed by atoms with Crippen LogP contribution in [-0.4, -0.2) is 17.7 Å². The highest BCUT2D eigenvalue weighted by Gasteiger charge is 2.32. The summed E-state index contributed by atoms with van der Waals surface area (Å²) in [5, 5.41) is 5.55. The molecule has 0 saturated heterocycles. The Morgan fingerprint density at radius 3 is 2.39 bits per heavy atom.